The smallest absolute Gasteiger partial charge is 0.0357 e. The van der Waals surface area contributed by atoms with Gasteiger partial charge in [-0.2, -0.15) is 0 Å². The van der Waals surface area contributed by atoms with E-state index in [4.69, 9.17) is 0 Å². The molecule has 1 aliphatic rings. The summed E-state index contributed by atoms with van der Waals surface area (Å²) in [4.78, 5) is 0. The second-order valence-corrected chi connectivity index (χ2v) is 2.60. The molecule has 0 nitrogen and oxygen atoms in total. The average Bonchev–Trinajstić information content (AvgIpc) is 1.86. The zero-order valence-electron chi connectivity index (χ0n) is 3.77. The molecule has 1 heteroatoms. The first-order valence-electron chi connectivity index (χ1n) is 2.03. The lowest BCUT2D eigenvalue weighted by Crippen LogP contribution is -1.69. The van der Waals surface area contributed by atoms with Crippen LogP contribution in [0.2, 0.25) is 0 Å². The van der Waals surface area contributed by atoms with Gasteiger partial charge in [0, 0.05) is 5.25 Å². The Bertz CT molecular complexity index is 58.3. The number of hydrogen-bond donors (Lipinski definition) is 0. The molecule has 1 heterocycles. The van der Waals surface area contributed by atoms with Crippen LogP contribution in [0.5, 0.6) is 0 Å². The fourth-order valence-electron chi connectivity index (χ4n) is 0.426. The molecule has 0 aromatic carbocycles. The Morgan fingerprint density at radius 1 is 1.83 bits per heavy atom. The van der Waals surface area contributed by atoms with E-state index in [1.54, 1.807) is 0 Å². The van der Waals surface area contributed by atoms with E-state index in [1.165, 1.54) is 11.7 Å². The van der Waals surface area contributed by atoms with Crippen LogP contribution in [0.3, 0.4) is 0 Å². The third kappa shape index (κ3) is 0.777. The van der Waals surface area contributed by atoms with Crippen molar-refractivity contribution in [1.29, 1.82) is 0 Å². The second-order valence-electron chi connectivity index (χ2n) is 1.40. The van der Waals surface area contributed by atoms with Crippen LogP contribution < -0.4 is 0 Å². The zero-order valence-corrected chi connectivity index (χ0v) is 4.59. The molecule has 0 amide bonds. The van der Waals surface area contributed by atoms with E-state index in [1.807, 2.05) is 11.8 Å². The van der Waals surface area contributed by atoms with Gasteiger partial charge in [-0.3, -0.25) is 0 Å². The molecule has 1 aliphatic heterocycles. The van der Waals surface area contributed by atoms with Gasteiger partial charge in [0.2, 0.25) is 0 Å². The molecule has 0 unspecified atom stereocenters. The number of hydrogen-bond acceptors (Lipinski definition) is 1. The molecule has 1 rings (SSSR count). The molecule has 0 aromatic heterocycles. The summed E-state index contributed by atoms with van der Waals surface area (Å²) in [5, 5.41) is 3.64. The maximum absolute atomic E-state index is 2.18. The first-order chi connectivity index (χ1) is 2.89. The highest BCUT2D eigenvalue weighted by Crippen LogP contribution is 2.29. The van der Waals surface area contributed by atoms with Crippen LogP contribution in [0, 0.1) is 5.25 Å². The number of rotatable bonds is 0. The molecule has 0 N–H and O–H groups in total. The Morgan fingerprint density at radius 3 is 2.83 bits per heavy atom. The van der Waals surface area contributed by atoms with E-state index in [2.05, 4.69) is 18.4 Å². The summed E-state index contributed by atoms with van der Waals surface area (Å²) in [5.41, 5.74) is 0. The van der Waals surface area contributed by atoms with Crippen molar-refractivity contribution in [3.8, 4) is 0 Å². The predicted octanol–water partition coefficient (Wildman–Crippen LogP) is 2.19. The third-order valence-corrected chi connectivity index (χ3v) is 1.67. The van der Waals surface area contributed by atoms with Crippen molar-refractivity contribution in [2.75, 3.05) is 0 Å². The summed E-state index contributed by atoms with van der Waals surface area (Å²) in [7, 11) is 0. The lowest BCUT2D eigenvalue weighted by Gasteiger charge is -1.90. The van der Waals surface area contributed by atoms with Crippen molar-refractivity contribution >= 4 is 11.8 Å². The molecule has 33 valence electrons. The first kappa shape index (κ1) is 4.25. The van der Waals surface area contributed by atoms with Crippen molar-refractivity contribution in [2.45, 2.75) is 13.3 Å². The quantitative estimate of drug-likeness (QED) is 0.448. The Balaban J connectivity index is 2.32. The van der Waals surface area contributed by atoms with Crippen LogP contribution in [0.25, 0.3) is 0 Å². The molecule has 6 heavy (non-hydrogen) atoms. The van der Waals surface area contributed by atoms with Crippen LogP contribution in [-0.2, 0) is 0 Å². The summed E-state index contributed by atoms with van der Waals surface area (Å²) < 4.78 is 0. The highest BCUT2D eigenvalue weighted by Gasteiger charge is 2.01. The minimum absolute atomic E-state index is 1.19. The van der Waals surface area contributed by atoms with Crippen LogP contribution >= 0.6 is 11.8 Å². The zero-order chi connectivity index (χ0) is 4.41. The van der Waals surface area contributed by atoms with Crippen LogP contribution in [0.1, 0.15) is 13.3 Å². The van der Waals surface area contributed by atoms with Gasteiger partial charge in [0.05, 0.1) is 0 Å². The summed E-state index contributed by atoms with van der Waals surface area (Å²) in [5.74, 6) is 0. The molecule has 0 aromatic rings. The van der Waals surface area contributed by atoms with Crippen molar-refractivity contribution < 1.29 is 0 Å². The van der Waals surface area contributed by atoms with Gasteiger partial charge in [0.1, 0.15) is 0 Å². The first-order valence-corrected chi connectivity index (χ1v) is 2.91. The van der Waals surface area contributed by atoms with E-state index in [0.29, 0.717) is 0 Å². The van der Waals surface area contributed by atoms with E-state index in [0.717, 1.165) is 0 Å². The fourth-order valence-corrected chi connectivity index (χ4v) is 1.04. The Morgan fingerprint density at radius 2 is 2.67 bits per heavy atom. The van der Waals surface area contributed by atoms with E-state index in [9.17, 15) is 0 Å². The van der Waals surface area contributed by atoms with Gasteiger partial charge in [-0.25, -0.2) is 0 Å². The SMILES string of the molecule is C[C]1CC=CS1. The highest BCUT2D eigenvalue weighted by molar-refractivity contribution is 8.05. The Kier molecular flexibility index (Phi) is 1.20. The molecule has 0 saturated carbocycles. The third-order valence-electron chi connectivity index (χ3n) is 0.771. The maximum Gasteiger partial charge on any atom is 0.0357 e. The van der Waals surface area contributed by atoms with Crippen LogP contribution in [0.4, 0.5) is 0 Å². The molecule has 1 radical (unpaired) electrons. The molecule has 0 aliphatic carbocycles. The molecular weight excluding hydrogens is 92.1 g/mol. The maximum atomic E-state index is 2.18. The minimum atomic E-state index is 1.19. The highest BCUT2D eigenvalue weighted by atomic mass is 32.2. The van der Waals surface area contributed by atoms with E-state index >= 15 is 0 Å². The summed E-state index contributed by atoms with van der Waals surface area (Å²) in [6.45, 7) is 2.16. The van der Waals surface area contributed by atoms with Crippen molar-refractivity contribution in [3.05, 3.63) is 16.7 Å². The predicted molar refractivity (Wildman–Crippen MR) is 30.3 cm³/mol. The molecule has 0 fully saturated rings. The van der Waals surface area contributed by atoms with Crippen LogP contribution in [-0.4, -0.2) is 0 Å². The number of thioether (sulfide) groups is 1. The second kappa shape index (κ2) is 1.69. The fraction of sp³-hybridized carbons (Fsp3) is 0.400. The van der Waals surface area contributed by atoms with Gasteiger partial charge in [-0.1, -0.05) is 6.08 Å². The van der Waals surface area contributed by atoms with Gasteiger partial charge in [0.15, 0.2) is 0 Å². The normalized spacial score (nSPS) is 22.8. The Labute approximate surface area is 42.6 Å². The standard InChI is InChI=1S/C5H7S/c1-5-3-2-4-6-5/h2,4H,3H2,1H3. The lowest BCUT2D eigenvalue weighted by molar-refractivity contribution is 1.19. The van der Waals surface area contributed by atoms with Gasteiger partial charge < -0.3 is 0 Å². The topological polar surface area (TPSA) is 0 Å². The monoisotopic (exact) mass is 99.0 g/mol. The summed E-state index contributed by atoms with van der Waals surface area (Å²) >= 11 is 1.83. The lowest BCUT2D eigenvalue weighted by atomic mass is 10.3. The molecule has 0 atom stereocenters. The minimum Gasteiger partial charge on any atom is -0.126 e. The van der Waals surface area contributed by atoms with E-state index < -0.39 is 0 Å². The summed E-state index contributed by atoms with van der Waals surface area (Å²) in [6.07, 6.45) is 3.37. The Hall–Kier alpha value is 0.0900. The molecular formula is C5H7S. The van der Waals surface area contributed by atoms with Crippen molar-refractivity contribution in [1.82, 2.24) is 0 Å². The molecule has 0 bridgehead atoms. The van der Waals surface area contributed by atoms with Crippen molar-refractivity contribution in [2.24, 2.45) is 0 Å². The largest absolute Gasteiger partial charge is 0.126 e. The van der Waals surface area contributed by atoms with Crippen LogP contribution in [0.15, 0.2) is 11.5 Å². The summed E-state index contributed by atoms with van der Waals surface area (Å²) in [6, 6.07) is 0. The average molecular weight is 99.2 g/mol. The van der Waals surface area contributed by atoms with Gasteiger partial charge in [-0.05, 0) is 18.8 Å². The van der Waals surface area contributed by atoms with Gasteiger partial charge in [-0.15, -0.1) is 11.8 Å². The molecule has 0 saturated heterocycles. The number of allylic oxidation sites excluding steroid dienone is 1. The molecule has 0 spiro atoms. The van der Waals surface area contributed by atoms with Crippen molar-refractivity contribution in [3.63, 3.8) is 0 Å². The van der Waals surface area contributed by atoms with E-state index in [-0.39, 0.29) is 0 Å². The van der Waals surface area contributed by atoms with Gasteiger partial charge in [0.25, 0.3) is 0 Å². The van der Waals surface area contributed by atoms with Gasteiger partial charge >= 0.3 is 0 Å².